The highest BCUT2D eigenvalue weighted by Crippen LogP contribution is 2.36. The molecular weight excluding hydrogens is 422 g/mol. The number of hydrogen-bond donors (Lipinski definition) is 0. The molecule has 0 aliphatic rings. The average molecular weight is 442 g/mol. The van der Waals surface area contributed by atoms with Gasteiger partial charge in [0, 0.05) is 27.0 Å². The van der Waals surface area contributed by atoms with Crippen LogP contribution in [-0.2, 0) is 0 Å². The van der Waals surface area contributed by atoms with Crippen LogP contribution in [0.1, 0.15) is 0 Å². The van der Waals surface area contributed by atoms with E-state index >= 15 is 0 Å². The van der Waals surface area contributed by atoms with Gasteiger partial charge in [-0.05, 0) is 53.6 Å². The van der Waals surface area contributed by atoms with E-state index < -0.39 is 0 Å². The second-order valence-corrected chi connectivity index (χ2v) is 9.23. The van der Waals surface area contributed by atoms with Crippen molar-refractivity contribution >= 4 is 39.1 Å². The lowest BCUT2D eigenvalue weighted by molar-refractivity contribution is 1.09. The van der Waals surface area contributed by atoms with E-state index in [2.05, 4.69) is 118 Å². The van der Waals surface area contributed by atoms with Crippen LogP contribution in [0, 0.1) is 0 Å². The van der Waals surface area contributed by atoms with Gasteiger partial charge in [-0.2, -0.15) is 0 Å². The summed E-state index contributed by atoms with van der Waals surface area (Å²) in [6.45, 7) is 0. The summed E-state index contributed by atoms with van der Waals surface area (Å²) < 4.78 is 4.49. The second-order valence-electron chi connectivity index (χ2n) is 8.14. The third-order valence-electron chi connectivity index (χ3n) is 6.19. The molecule has 7 rings (SSSR count). The lowest BCUT2D eigenvalue weighted by atomic mass is 10.1. The molecule has 0 radical (unpaired) electrons. The molecule has 4 heterocycles. The number of pyridine rings is 1. The maximum atomic E-state index is 4.93. The predicted octanol–water partition coefficient (Wildman–Crippen LogP) is 7.83. The van der Waals surface area contributed by atoms with E-state index in [1.165, 1.54) is 31.8 Å². The Morgan fingerprint density at radius 3 is 2.12 bits per heavy atom. The summed E-state index contributed by atoms with van der Waals surface area (Å²) in [4.78, 5) is 7.50. The summed E-state index contributed by atoms with van der Waals surface area (Å²) >= 11 is 1.83. The fraction of sp³-hybridized carbons (Fsp3) is 0. The second kappa shape index (κ2) is 7.19. The minimum atomic E-state index is 0.964. The van der Waals surface area contributed by atoms with Gasteiger partial charge in [0.15, 0.2) is 5.65 Å². The first-order valence-electron chi connectivity index (χ1n) is 11.0. The Labute approximate surface area is 194 Å². The van der Waals surface area contributed by atoms with Crippen molar-refractivity contribution in [3.63, 3.8) is 0 Å². The number of thiophene rings is 1. The largest absolute Gasteiger partial charge is 0.294 e. The molecule has 0 atom stereocenters. The van der Waals surface area contributed by atoms with Gasteiger partial charge < -0.3 is 0 Å². The molecule has 3 aromatic carbocycles. The predicted molar refractivity (Wildman–Crippen MR) is 138 cm³/mol. The summed E-state index contributed by atoms with van der Waals surface area (Å²) in [7, 11) is 0. The quantitative estimate of drug-likeness (QED) is 0.274. The molecule has 0 unspecified atom stereocenters. The van der Waals surface area contributed by atoms with Crippen LogP contribution in [0.5, 0.6) is 0 Å². The molecule has 156 valence electrons. The summed E-state index contributed by atoms with van der Waals surface area (Å²) in [5, 5.41) is 1.17. The maximum Gasteiger partial charge on any atom is 0.150 e. The van der Waals surface area contributed by atoms with E-state index in [1.54, 1.807) is 0 Å². The minimum Gasteiger partial charge on any atom is -0.294 e. The van der Waals surface area contributed by atoms with Gasteiger partial charge in [0.05, 0.1) is 5.52 Å². The van der Waals surface area contributed by atoms with Crippen molar-refractivity contribution in [1.82, 2.24) is 14.0 Å². The molecule has 0 saturated heterocycles. The third kappa shape index (κ3) is 2.85. The monoisotopic (exact) mass is 441 g/mol. The zero-order chi connectivity index (χ0) is 21.8. The standard InChI is InChI=1S/C29H19N3S/c1-2-8-20(9-3-1)25-17-18-26(33-25)21-13-15-22(16-14-21)32-24-11-5-4-10-23(24)28-29(32)31-19-7-6-12-27(31)30-28/h1-19H. The molecule has 0 amide bonds. The SMILES string of the molecule is c1ccc(-c2ccc(-c3ccc(-n4c5ccccc5c5nc6ccccn6c54)cc3)s2)cc1. The molecule has 0 N–H and O–H groups in total. The van der Waals surface area contributed by atoms with E-state index in [0.717, 1.165) is 22.5 Å². The van der Waals surface area contributed by atoms with Gasteiger partial charge in [0.1, 0.15) is 11.2 Å². The van der Waals surface area contributed by atoms with Crippen molar-refractivity contribution in [2.45, 2.75) is 0 Å². The van der Waals surface area contributed by atoms with Gasteiger partial charge in [-0.1, -0.05) is 66.7 Å². The zero-order valence-corrected chi connectivity index (χ0v) is 18.5. The summed E-state index contributed by atoms with van der Waals surface area (Å²) in [5.41, 5.74) is 7.90. The Kier molecular flexibility index (Phi) is 4.01. The van der Waals surface area contributed by atoms with E-state index in [-0.39, 0.29) is 0 Å². The van der Waals surface area contributed by atoms with Gasteiger partial charge in [-0.15, -0.1) is 11.3 Å². The van der Waals surface area contributed by atoms with Crippen LogP contribution >= 0.6 is 11.3 Å². The Hall–Kier alpha value is -4.15. The Bertz CT molecular complexity index is 1750. The van der Waals surface area contributed by atoms with Gasteiger partial charge >= 0.3 is 0 Å². The smallest absolute Gasteiger partial charge is 0.150 e. The average Bonchev–Trinajstić information content (AvgIpc) is 3.59. The fourth-order valence-corrected chi connectivity index (χ4v) is 5.66. The minimum absolute atomic E-state index is 0.964. The lowest BCUT2D eigenvalue weighted by Crippen LogP contribution is -1.97. The van der Waals surface area contributed by atoms with Crippen LogP contribution in [0.2, 0.25) is 0 Å². The Morgan fingerprint density at radius 1 is 0.606 bits per heavy atom. The highest BCUT2D eigenvalue weighted by molar-refractivity contribution is 7.18. The first-order chi connectivity index (χ1) is 16.4. The molecule has 0 aliphatic carbocycles. The van der Waals surface area contributed by atoms with Crippen LogP contribution in [0.15, 0.2) is 115 Å². The normalized spacial score (nSPS) is 11.6. The lowest BCUT2D eigenvalue weighted by Gasteiger charge is -2.09. The highest BCUT2D eigenvalue weighted by Gasteiger charge is 2.17. The highest BCUT2D eigenvalue weighted by atomic mass is 32.1. The van der Waals surface area contributed by atoms with Gasteiger partial charge in [0.2, 0.25) is 0 Å². The van der Waals surface area contributed by atoms with E-state index in [9.17, 15) is 0 Å². The molecule has 4 aromatic heterocycles. The number of aromatic nitrogens is 3. The molecular formula is C29H19N3S. The van der Waals surface area contributed by atoms with Crippen molar-refractivity contribution in [2.24, 2.45) is 0 Å². The molecule has 3 nitrogen and oxygen atoms in total. The van der Waals surface area contributed by atoms with Gasteiger partial charge in [-0.3, -0.25) is 8.97 Å². The zero-order valence-electron chi connectivity index (χ0n) is 17.7. The first kappa shape index (κ1) is 18.4. The van der Waals surface area contributed by atoms with Crippen LogP contribution < -0.4 is 0 Å². The van der Waals surface area contributed by atoms with Crippen molar-refractivity contribution < 1.29 is 0 Å². The van der Waals surface area contributed by atoms with E-state index in [4.69, 9.17) is 4.98 Å². The van der Waals surface area contributed by atoms with E-state index in [0.29, 0.717) is 0 Å². The first-order valence-corrected chi connectivity index (χ1v) is 11.8. The molecule has 0 fully saturated rings. The number of rotatable bonds is 3. The Balaban J connectivity index is 1.37. The number of hydrogen-bond acceptors (Lipinski definition) is 2. The Morgan fingerprint density at radius 2 is 1.30 bits per heavy atom. The molecule has 0 spiro atoms. The van der Waals surface area contributed by atoms with Crippen molar-refractivity contribution in [3.8, 4) is 26.6 Å². The van der Waals surface area contributed by atoms with Gasteiger partial charge in [-0.25, -0.2) is 4.98 Å². The number of benzene rings is 3. The molecule has 0 aliphatic heterocycles. The van der Waals surface area contributed by atoms with Crippen molar-refractivity contribution in [1.29, 1.82) is 0 Å². The van der Waals surface area contributed by atoms with Crippen molar-refractivity contribution in [2.75, 3.05) is 0 Å². The van der Waals surface area contributed by atoms with Crippen LogP contribution in [0.4, 0.5) is 0 Å². The van der Waals surface area contributed by atoms with Crippen molar-refractivity contribution in [3.05, 3.63) is 115 Å². The summed E-state index contributed by atoms with van der Waals surface area (Å²) in [5.74, 6) is 0. The summed E-state index contributed by atoms with van der Waals surface area (Å²) in [6, 6.07) is 38.5. The topological polar surface area (TPSA) is 22.2 Å². The number of fused-ring (bicyclic) bond motifs is 5. The van der Waals surface area contributed by atoms with Crippen LogP contribution in [0.3, 0.4) is 0 Å². The maximum absolute atomic E-state index is 4.93. The molecule has 33 heavy (non-hydrogen) atoms. The number of para-hydroxylation sites is 1. The van der Waals surface area contributed by atoms with Crippen LogP contribution in [-0.4, -0.2) is 14.0 Å². The molecule has 7 aromatic rings. The summed E-state index contributed by atoms with van der Waals surface area (Å²) in [6.07, 6.45) is 2.09. The fourth-order valence-electron chi connectivity index (χ4n) is 4.65. The molecule has 4 heteroatoms. The number of nitrogens with zero attached hydrogens (tertiary/aromatic N) is 3. The van der Waals surface area contributed by atoms with Gasteiger partial charge in [0.25, 0.3) is 0 Å². The third-order valence-corrected chi connectivity index (χ3v) is 7.37. The van der Waals surface area contributed by atoms with E-state index in [1.807, 2.05) is 17.4 Å². The molecule has 0 saturated carbocycles. The van der Waals surface area contributed by atoms with Crippen LogP contribution in [0.25, 0.3) is 54.3 Å². The molecule has 0 bridgehead atoms. The number of imidazole rings is 1.